The summed E-state index contributed by atoms with van der Waals surface area (Å²) >= 11 is 0. The zero-order valence-electron chi connectivity index (χ0n) is 10.7. The topological polar surface area (TPSA) is 0 Å². The van der Waals surface area contributed by atoms with Crippen LogP contribution in [0.1, 0.15) is 6.42 Å². The van der Waals surface area contributed by atoms with Gasteiger partial charge in [-0.1, -0.05) is 0 Å². The fraction of sp³-hybridized carbons (Fsp3) is 0.538. The van der Waals surface area contributed by atoms with Crippen molar-refractivity contribution < 1.29 is 27.2 Å². The predicted molar refractivity (Wildman–Crippen MR) is 66.2 cm³/mol. The van der Waals surface area contributed by atoms with E-state index < -0.39 is 9.87 Å². The van der Waals surface area contributed by atoms with Crippen molar-refractivity contribution in [2.75, 3.05) is 0 Å². The molecule has 0 saturated heterocycles. The molecule has 0 fully saturated rings. The van der Waals surface area contributed by atoms with E-state index in [1.165, 1.54) is 0 Å². The van der Waals surface area contributed by atoms with Crippen molar-refractivity contribution in [1.82, 2.24) is 0 Å². The second kappa shape index (κ2) is 2.75. The van der Waals surface area contributed by atoms with Crippen LogP contribution in [0.2, 0.25) is 34.2 Å². The second-order valence-electron chi connectivity index (χ2n) is 8.41. The summed E-state index contributed by atoms with van der Waals surface area (Å²) in [7, 11) is -3.17. The Balaban J connectivity index is 0.00000196. The molecule has 0 N–H and O–H groups in total. The first-order valence-corrected chi connectivity index (χ1v) is 13.0. The van der Waals surface area contributed by atoms with Crippen LogP contribution in [-0.4, -0.2) is 0 Å². The van der Waals surface area contributed by atoms with E-state index in [-0.39, 0.29) is 17.4 Å². The molecule has 0 saturated carbocycles. The van der Waals surface area contributed by atoms with Gasteiger partial charge in [0, 0.05) is 17.4 Å². The number of rotatable bonds is 3. The summed E-state index contributed by atoms with van der Waals surface area (Å²) in [5.74, 6) is 12.5. The summed E-state index contributed by atoms with van der Waals surface area (Å²) in [5.41, 5.74) is 0. The van der Waals surface area contributed by atoms with Gasteiger partial charge >= 0.3 is 85.8 Å². The van der Waals surface area contributed by atoms with E-state index in [9.17, 15) is 0 Å². The third-order valence-electron chi connectivity index (χ3n) is 3.27. The molecule has 1 rings (SSSR count). The summed E-state index contributed by atoms with van der Waals surface area (Å²) in [6, 6.07) is 0. The summed E-state index contributed by atoms with van der Waals surface area (Å²) in [6.45, 7) is 3.95. The molecule has 89 valence electrons. The van der Waals surface area contributed by atoms with Crippen molar-refractivity contribution >= 4 is 0 Å². The Bertz CT molecular complexity index is 352. The van der Waals surface area contributed by atoms with E-state index in [0.717, 1.165) is 11.7 Å². The fourth-order valence-corrected chi connectivity index (χ4v) is 7.38. The molecule has 0 aromatic carbocycles. The Hall–Kier alpha value is 0.285. The smallest absolute Gasteiger partial charge is 0 e. The van der Waals surface area contributed by atoms with Crippen LogP contribution >= 0.6 is 0 Å². The van der Waals surface area contributed by atoms with Crippen LogP contribution in [0.3, 0.4) is 0 Å². The van der Waals surface area contributed by atoms with Gasteiger partial charge in [-0.15, -0.1) is 0 Å². The molecule has 2 heteroatoms. The monoisotopic (exact) mass is 285 g/mol. The molecule has 0 heterocycles. The van der Waals surface area contributed by atoms with Crippen LogP contribution in [0, 0.1) is 0 Å². The van der Waals surface area contributed by atoms with Crippen LogP contribution in [0.25, 0.3) is 0 Å². The molecule has 0 aromatic heterocycles. The Morgan fingerprint density at radius 3 is 2.13 bits per heavy atom. The molecular weight excluding hydrogens is 260 g/mol. The first kappa shape index (κ1) is 15.3. The first-order chi connectivity index (χ1) is 5.90. The molecule has 0 nitrogen and oxygen atoms in total. The number of allylic oxidation sites excluding steroid dienone is 5. The Kier molecular flexibility index (Phi) is 2.80. The minimum atomic E-state index is -3.17. The quantitative estimate of drug-likeness (QED) is 0.606. The zero-order valence-corrected chi connectivity index (χ0v) is 13.3. The SMILES string of the molecule is C=C[CH2][Cr]([CH3])([CH3])([CH3])([CH3])([CH3])[C]1=CC=CC1.[Cr]. The minimum absolute atomic E-state index is 0. The summed E-state index contributed by atoms with van der Waals surface area (Å²) < 4.78 is 1.64. The van der Waals surface area contributed by atoms with Crippen molar-refractivity contribution in [1.29, 1.82) is 0 Å². The third-order valence-corrected chi connectivity index (χ3v) is 11.6. The minimum Gasteiger partial charge on any atom is 0 e. The Labute approximate surface area is 103 Å². The molecule has 0 bridgehead atoms. The van der Waals surface area contributed by atoms with E-state index in [1.807, 2.05) is 0 Å². The summed E-state index contributed by atoms with van der Waals surface area (Å²) in [6.07, 6.45) is 10.0. The van der Waals surface area contributed by atoms with Crippen molar-refractivity contribution in [3.63, 3.8) is 0 Å². The van der Waals surface area contributed by atoms with Gasteiger partial charge in [0.15, 0.2) is 0 Å². The molecule has 0 spiro atoms. The largest absolute Gasteiger partial charge is 0 e. The normalized spacial score (nSPS) is 22.7. The average molecular weight is 285 g/mol. The Morgan fingerprint density at radius 2 is 1.80 bits per heavy atom. The molecule has 0 amide bonds. The summed E-state index contributed by atoms with van der Waals surface area (Å²) in [4.78, 5) is 0. The maximum atomic E-state index is 3.95. The second-order valence-corrected chi connectivity index (χ2v) is 30.6. The maximum absolute atomic E-state index is 3.95. The molecule has 1 aliphatic carbocycles. The van der Waals surface area contributed by atoms with Gasteiger partial charge in [0.2, 0.25) is 0 Å². The van der Waals surface area contributed by atoms with E-state index in [0.29, 0.717) is 0 Å². The van der Waals surface area contributed by atoms with Crippen molar-refractivity contribution in [3.05, 3.63) is 35.3 Å². The van der Waals surface area contributed by atoms with Gasteiger partial charge in [-0.05, 0) is 0 Å². The van der Waals surface area contributed by atoms with E-state index >= 15 is 0 Å². The summed E-state index contributed by atoms with van der Waals surface area (Å²) in [5, 5.41) is 1.13. The maximum Gasteiger partial charge on any atom is 0 e. The molecular formula is C13H25Cr2. The van der Waals surface area contributed by atoms with Gasteiger partial charge in [-0.3, -0.25) is 0 Å². The van der Waals surface area contributed by atoms with Crippen LogP contribution in [-0.2, 0) is 27.2 Å². The molecule has 0 atom stereocenters. The van der Waals surface area contributed by atoms with Gasteiger partial charge in [0.25, 0.3) is 0 Å². The van der Waals surface area contributed by atoms with Crippen molar-refractivity contribution in [2.24, 2.45) is 0 Å². The fourth-order valence-electron chi connectivity index (χ4n) is 2.05. The zero-order chi connectivity index (χ0) is 11.2. The predicted octanol–water partition coefficient (Wildman–Crippen LogP) is 5.43. The molecule has 15 heavy (non-hydrogen) atoms. The van der Waals surface area contributed by atoms with Gasteiger partial charge in [-0.25, -0.2) is 0 Å². The van der Waals surface area contributed by atoms with E-state index in [4.69, 9.17) is 0 Å². The Morgan fingerprint density at radius 1 is 1.27 bits per heavy atom. The van der Waals surface area contributed by atoms with Crippen LogP contribution < -0.4 is 0 Å². The molecule has 0 aromatic rings. The van der Waals surface area contributed by atoms with E-state index in [1.54, 1.807) is 4.44 Å². The third kappa shape index (κ3) is 3.12. The number of hydrogen-bond acceptors (Lipinski definition) is 0. The van der Waals surface area contributed by atoms with Gasteiger partial charge in [0.1, 0.15) is 0 Å². The average Bonchev–Trinajstić information content (AvgIpc) is 2.31. The molecule has 1 aliphatic rings. The van der Waals surface area contributed by atoms with Gasteiger partial charge in [-0.2, -0.15) is 0 Å². The van der Waals surface area contributed by atoms with Crippen molar-refractivity contribution in [2.45, 2.75) is 40.6 Å². The molecule has 0 aliphatic heterocycles. The standard InChI is InChI=1S/C5H5.C3H5.5CH3.2Cr/c1-2-4-5-3-1;1-3-2;;;;;;;/h1-3H,4H2;3H,1-2H2;5*1H3;;. The van der Waals surface area contributed by atoms with Gasteiger partial charge < -0.3 is 0 Å². The van der Waals surface area contributed by atoms with Crippen LogP contribution in [0.5, 0.6) is 0 Å². The first-order valence-electron chi connectivity index (χ1n) is 5.07. The van der Waals surface area contributed by atoms with Crippen molar-refractivity contribution in [3.8, 4) is 0 Å². The number of hydrogen-bond donors (Lipinski definition) is 0. The molecule has 0 unspecified atom stereocenters. The van der Waals surface area contributed by atoms with Crippen LogP contribution in [0.15, 0.2) is 35.3 Å². The van der Waals surface area contributed by atoms with Crippen LogP contribution in [0.4, 0.5) is 0 Å². The van der Waals surface area contributed by atoms with E-state index in [2.05, 4.69) is 59.8 Å². The van der Waals surface area contributed by atoms with Gasteiger partial charge in [0.05, 0.1) is 0 Å². The molecule has 0 radical (unpaired) electrons.